The third kappa shape index (κ3) is 6.70. The Kier molecular flexibility index (Phi) is 9.80. The van der Waals surface area contributed by atoms with Crippen LogP contribution in [-0.2, 0) is 11.2 Å². The number of rotatable bonds is 8. The molecule has 1 fully saturated rings. The highest BCUT2D eigenvalue weighted by atomic mass is 35.5. The summed E-state index contributed by atoms with van der Waals surface area (Å²) in [6.07, 6.45) is 4.80. The number of carbonyl (C=O) groups excluding carboxylic acids is 1. The Hall–Kier alpha value is -1.26. The van der Waals surface area contributed by atoms with Gasteiger partial charge in [0.25, 0.3) is 0 Å². The van der Waals surface area contributed by atoms with Crippen molar-refractivity contribution in [2.45, 2.75) is 39.0 Å². The van der Waals surface area contributed by atoms with Crippen LogP contribution in [0.25, 0.3) is 0 Å². The second-order valence-corrected chi connectivity index (χ2v) is 6.33. The standard InChI is InChI=1S/C19H30N2O2.ClH/c1-3-20-15-17-11-13-21(14-12-17)19(22)6-4-5-16-7-9-18(23-2)10-8-16;/h7-10,17,20H,3-6,11-15H2,1-2H3;1H. The molecule has 1 N–H and O–H groups in total. The predicted octanol–water partition coefficient (Wildman–Crippen LogP) is 3.29. The van der Waals surface area contributed by atoms with Crippen molar-refractivity contribution >= 4 is 18.3 Å². The molecule has 0 bridgehead atoms. The summed E-state index contributed by atoms with van der Waals surface area (Å²) in [5.41, 5.74) is 1.27. The van der Waals surface area contributed by atoms with E-state index in [2.05, 4.69) is 29.3 Å². The van der Waals surface area contributed by atoms with Gasteiger partial charge in [-0.3, -0.25) is 4.79 Å². The van der Waals surface area contributed by atoms with Crippen molar-refractivity contribution in [1.82, 2.24) is 10.2 Å². The number of piperidine rings is 1. The molecule has 0 atom stereocenters. The van der Waals surface area contributed by atoms with Crippen LogP contribution in [0.3, 0.4) is 0 Å². The number of hydrogen-bond acceptors (Lipinski definition) is 3. The Morgan fingerprint density at radius 3 is 2.50 bits per heavy atom. The molecule has 0 radical (unpaired) electrons. The smallest absolute Gasteiger partial charge is 0.222 e. The van der Waals surface area contributed by atoms with Gasteiger partial charge in [0.15, 0.2) is 0 Å². The summed E-state index contributed by atoms with van der Waals surface area (Å²) in [6, 6.07) is 8.11. The van der Waals surface area contributed by atoms with Crippen molar-refractivity contribution in [3.05, 3.63) is 29.8 Å². The first-order valence-electron chi connectivity index (χ1n) is 8.84. The lowest BCUT2D eigenvalue weighted by Crippen LogP contribution is -2.40. The molecule has 1 aliphatic rings. The molecule has 4 nitrogen and oxygen atoms in total. The lowest BCUT2D eigenvalue weighted by Gasteiger charge is -2.32. The number of likely N-dealkylation sites (tertiary alicyclic amines) is 1. The number of benzene rings is 1. The van der Waals surface area contributed by atoms with Gasteiger partial charge in [-0.1, -0.05) is 19.1 Å². The molecule has 1 aliphatic heterocycles. The van der Waals surface area contributed by atoms with E-state index in [1.54, 1.807) is 7.11 Å². The number of carbonyl (C=O) groups is 1. The van der Waals surface area contributed by atoms with Gasteiger partial charge in [0.1, 0.15) is 5.75 Å². The monoisotopic (exact) mass is 354 g/mol. The number of halogens is 1. The van der Waals surface area contributed by atoms with Gasteiger partial charge in [-0.2, -0.15) is 0 Å². The van der Waals surface area contributed by atoms with Gasteiger partial charge >= 0.3 is 0 Å². The Bertz CT molecular complexity index is 471. The minimum atomic E-state index is 0. The summed E-state index contributed by atoms with van der Waals surface area (Å²) in [4.78, 5) is 14.4. The van der Waals surface area contributed by atoms with E-state index in [9.17, 15) is 4.79 Å². The minimum absolute atomic E-state index is 0. The Morgan fingerprint density at radius 1 is 1.25 bits per heavy atom. The molecule has 0 aromatic heterocycles. The lowest BCUT2D eigenvalue weighted by atomic mass is 9.96. The fourth-order valence-electron chi connectivity index (χ4n) is 3.13. The molecule has 0 spiro atoms. The molecule has 2 rings (SSSR count). The highest BCUT2D eigenvalue weighted by molar-refractivity contribution is 5.85. The fraction of sp³-hybridized carbons (Fsp3) is 0.632. The zero-order valence-corrected chi connectivity index (χ0v) is 15.7. The SMILES string of the molecule is CCNCC1CCN(C(=O)CCCc2ccc(OC)cc2)CC1.Cl. The van der Waals surface area contributed by atoms with Crippen LogP contribution in [0.1, 0.15) is 38.2 Å². The van der Waals surface area contributed by atoms with Crippen LogP contribution in [0.5, 0.6) is 5.75 Å². The van der Waals surface area contributed by atoms with Crippen molar-refractivity contribution in [2.24, 2.45) is 5.92 Å². The Balaban J connectivity index is 0.00000288. The molecule has 1 saturated heterocycles. The quantitative estimate of drug-likeness (QED) is 0.778. The lowest BCUT2D eigenvalue weighted by molar-refractivity contribution is -0.132. The zero-order valence-electron chi connectivity index (χ0n) is 14.9. The highest BCUT2D eigenvalue weighted by Gasteiger charge is 2.21. The van der Waals surface area contributed by atoms with Crippen LogP contribution in [0.2, 0.25) is 0 Å². The molecule has 5 heteroatoms. The molecular weight excluding hydrogens is 324 g/mol. The van der Waals surface area contributed by atoms with Gasteiger partial charge in [-0.05, 0) is 62.4 Å². The first-order chi connectivity index (χ1) is 11.2. The van der Waals surface area contributed by atoms with Crippen LogP contribution < -0.4 is 10.1 Å². The van der Waals surface area contributed by atoms with Gasteiger partial charge in [0.05, 0.1) is 7.11 Å². The van der Waals surface area contributed by atoms with Gasteiger partial charge in [0, 0.05) is 19.5 Å². The first-order valence-corrected chi connectivity index (χ1v) is 8.84. The third-order valence-corrected chi connectivity index (χ3v) is 4.67. The molecule has 1 aromatic carbocycles. The van der Waals surface area contributed by atoms with Crippen LogP contribution in [0, 0.1) is 5.92 Å². The highest BCUT2D eigenvalue weighted by Crippen LogP contribution is 2.18. The summed E-state index contributed by atoms with van der Waals surface area (Å²) in [7, 11) is 1.68. The van der Waals surface area contributed by atoms with Crippen molar-refractivity contribution in [3.8, 4) is 5.75 Å². The summed E-state index contributed by atoms with van der Waals surface area (Å²) >= 11 is 0. The number of aryl methyl sites for hydroxylation is 1. The predicted molar refractivity (Wildman–Crippen MR) is 101 cm³/mol. The number of nitrogens with one attached hydrogen (secondary N) is 1. The molecule has 0 aliphatic carbocycles. The minimum Gasteiger partial charge on any atom is -0.497 e. The molecule has 24 heavy (non-hydrogen) atoms. The van der Waals surface area contributed by atoms with Crippen LogP contribution in [0.4, 0.5) is 0 Å². The summed E-state index contributed by atoms with van der Waals surface area (Å²) in [5.74, 6) is 1.93. The normalized spacial score (nSPS) is 15.0. The van der Waals surface area contributed by atoms with Gasteiger partial charge < -0.3 is 15.0 Å². The second kappa shape index (κ2) is 11.3. The maximum Gasteiger partial charge on any atom is 0.222 e. The third-order valence-electron chi connectivity index (χ3n) is 4.67. The number of methoxy groups -OCH3 is 1. The van der Waals surface area contributed by atoms with Gasteiger partial charge in [0.2, 0.25) is 5.91 Å². The van der Waals surface area contributed by atoms with Crippen LogP contribution >= 0.6 is 12.4 Å². The van der Waals surface area contributed by atoms with Crippen molar-refractivity contribution in [3.63, 3.8) is 0 Å². The number of amides is 1. The molecule has 1 aromatic rings. The number of nitrogens with zero attached hydrogens (tertiary/aromatic N) is 1. The molecule has 1 amide bonds. The second-order valence-electron chi connectivity index (χ2n) is 6.33. The van der Waals surface area contributed by atoms with E-state index >= 15 is 0 Å². The van der Waals surface area contributed by atoms with E-state index < -0.39 is 0 Å². The van der Waals surface area contributed by atoms with Gasteiger partial charge in [-0.25, -0.2) is 0 Å². The molecule has 136 valence electrons. The molecular formula is C19H31ClN2O2. The molecule has 0 saturated carbocycles. The van der Waals surface area contributed by atoms with Crippen molar-refractivity contribution in [2.75, 3.05) is 33.3 Å². The van der Waals surface area contributed by atoms with E-state index in [4.69, 9.17) is 4.74 Å². The fourth-order valence-corrected chi connectivity index (χ4v) is 3.13. The van der Waals surface area contributed by atoms with Crippen LogP contribution in [-0.4, -0.2) is 44.1 Å². The van der Waals surface area contributed by atoms with Crippen molar-refractivity contribution in [1.29, 1.82) is 0 Å². The number of ether oxygens (including phenoxy) is 1. The van der Waals surface area contributed by atoms with E-state index in [-0.39, 0.29) is 12.4 Å². The summed E-state index contributed by atoms with van der Waals surface area (Å²) in [5, 5.41) is 3.41. The number of hydrogen-bond donors (Lipinski definition) is 1. The Labute approximate surface area is 152 Å². The van der Waals surface area contributed by atoms with E-state index in [0.717, 1.165) is 63.5 Å². The molecule has 0 unspecified atom stereocenters. The first kappa shape index (κ1) is 20.8. The topological polar surface area (TPSA) is 41.6 Å². The zero-order chi connectivity index (χ0) is 16.5. The van der Waals surface area contributed by atoms with Crippen molar-refractivity contribution < 1.29 is 9.53 Å². The van der Waals surface area contributed by atoms with Crippen LogP contribution in [0.15, 0.2) is 24.3 Å². The Morgan fingerprint density at radius 2 is 1.92 bits per heavy atom. The largest absolute Gasteiger partial charge is 0.497 e. The summed E-state index contributed by atoms with van der Waals surface area (Å²) < 4.78 is 5.16. The summed E-state index contributed by atoms with van der Waals surface area (Å²) in [6.45, 7) is 6.12. The van der Waals surface area contributed by atoms with E-state index in [0.29, 0.717) is 12.3 Å². The van der Waals surface area contributed by atoms with E-state index in [1.165, 1.54) is 5.56 Å². The average Bonchev–Trinajstić information content (AvgIpc) is 2.61. The van der Waals surface area contributed by atoms with Gasteiger partial charge in [-0.15, -0.1) is 12.4 Å². The average molecular weight is 355 g/mol. The maximum absolute atomic E-state index is 12.3. The van der Waals surface area contributed by atoms with E-state index in [1.807, 2.05) is 12.1 Å². The maximum atomic E-state index is 12.3. The molecule has 1 heterocycles.